The second kappa shape index (κ2) is 6.11. The maximum atomic E-state index is 13.0. The van der Waals surface area contributed by atoms with Crippen LogP contribution in [0.3, 0.4) is 0 Å². The van der Waals surface area contributed by atoms with Crippen LogP contribution in [0.25, 0.3) is 21.5 Å². The Morgan fingerprint density at radius 1 is 0.793 bits per heavy atom. The molecule has 0 spiro atoms. The van der Waals surface area contributed by atoms with E-state index < -0.39 is 0 Å². The van der Waals surface area contributed by atoms with Crippen molar-refractivity contribution in [2.75, 3.05) is 0 Å². The molecule has 1 saturated heterocycles. The molecule has 0 unspecified atom stereocenters. The predicted molar refractivity (Wildman–Crippen MR) is 113 cm³/mol. The van der Waals surface area contributed by atoms with Crippen molar-refractivity contribution in [3.8, 4) is 0 Å². The summed E-state index contributed by atoms with van der Waals surface area (Å²) in [5, 5.41) is 9.95. The van der Waals surface area contributed by atoms with Gasteiger partial charge in [0.25, 0.3) is 11.8 Å². The fourth-order valence-electron chi connectivity index (χ4n) is 5.48. The number of rotatable bonds is 2. The largest absolute Gasteiger partial charge is 0.272 e. The molecule has 4 nitrogen and oxygen atoms in total. The van der Waals surface area contributed by atoms with Gasteiger partial charge in [0, 0.05) is 5.56 Å². The minimum Gasteiger partial charge on any atom is -0.272 e. The summed E-state index contributed by atoms with van der Waals surface area (Å²) in [4.78, 5) is 26.1. The van der Waals surface area contributed by atoms with Crippen LogP contribution < -0.4 is 0 Å². The van der Waals surface area contributed by atoms with Gasteiger partial charge in [0.2, 0.25) is 0 Å². The van der Waals surface area contributed by atoms with E-state index in [-0.39, 0.29) is 35.5 Å². The Kier molecular flexibility index (Phi) is 3.51. The van der Waals surface area contributed by atoms with E-state index >= 15 is 0 Å². The van der Waals surface area contributed by atoms with E-state index in [4.69, 9.17) is 0 Å². The second-order valence-corrected chi connectivity index (χ2v) is 8.31. The van der Waals surface area contributed by atoms with E-state index in [0.717, 1.165) is 45.0 Å². The Morgan fingerprint density at radius 2 is 1.31 bits per heavy atom. The molecule has 4 atom stereocenters. The van der Waals surface area contributed by atoms with Gasteiger partial charge in [-0.05, 0) is 52.3 Å². The quantitative estimate of drug-likeness (QED) is 0.284. The van der Waals surface area contributed by atoms with Crippen molar-refractivity contribution in [2.45, 2.75) is 12.8 Å². The highest BCUT2D eigenvalue weighted by molar-refractivity contribution is 6.14. The van der Waals surface area contributed by atoms with Crippen LogP contribution in [-0.2, 0) is 9.59 Å². The summed E-state index contributed by atoms with van der Waals surface area (Å²) in [6.07, 6.45) is 7.95. The van der Waals surface area contributed by atoms with Gasteiger partial charge in [-0.25, -0.2) is 0 Å². The lowest BCUT2D eigenvalue weighted by Gasteiger charge is -2.37. The highest BCUT2D eigenvalue weighted by atomic mass is 16.2. The molecule has 2 fully saturated rings. The Labute approximate surface area is 168 Å². The van der Waals surface area contributed by atoms with Gasteiger partial charge in [-0.2, -0.15) is 10.1 Å². The van der Waals surface area contributed by atoms with E-state index in [1.165, 1.54) is 0 Å². The molecule has 1 aliphatic heterocycles. The molecule has 4 aliphatic rings. The Bertz CT molecular complexity index is 1160. The first kappa shape index (κ1) is 16.7. The van der Waals surface area contributed by atoms with Crippen LogP contribution in [0.1, 0.15) is 18.4 Å². The number of nitrogens with zero attached hydrogens (tertiary/aromatic N) is 2. The second-order valence-electron chi connectivity index (χ2n) is 8.31. The van der Waals surface area contributed by atoms with Gasteiger partial charge < -0.3 is 0 Å². The van der Waals surface area contributed by atoms with Gasteiger partial charge in [-0.15, -0.1) is 0 Å². The minimum atomic E-state index is -0.229. The third kappa shape index (κ3) is 2.35. The van der Waals surface area contributed by atoms with Crippen molar-refractivity contribution in [2.24, 2.45) is 28.8 Å². The van der Waals surface area contributed by atoms with Crippen LogP contribution >= 0.6 is 0 Å². The molecule has 1 heterocycles. The number of carbonyl (C=O) groups excluding carboxylic acids is 2. The van der Waals surface area contributed by atoms with Gasteiger partial charge in [0.05, 0.1) is 18.1 Å². The number of hydrogen-bond acceptors (Lipinski definition) is 3. The van der Waals surface area contributed by atoms with E-state index in [1.54, 1.807) is 6.21 Å². The molecule has 3 aliphatic carbocycles. The molecule has 7 rings (SSSR count). The molecule has 3 aromatic rings. The summed E-state index contributed by atoms with van der Waals surface area (Å²) in [6, 6.07) is 18.4. The van der Waals surface area contributed by atoms with Gasteiger partial charge in [0.15, 0.2) is 0 Å². The lowest BCUT2D eigenvalue weighted by Crippen LogP contribution is -2.38. The zero-order valence-electron chi connectivity index (χ0n) is 15.9. The number of fused-ring (bicyclic) bond motifs is 3. The summed E-state index contributed by atoms with van der Waals surface area (Å²) >= 11 is 0. The van der Waals surface area contributed by atoms with Crippen LogP contribution in [0.15, 0.2) is 71.9 Å². The Hall–Kier alpha value is -3.27. The SMILES string of the molecule is O=C1[C@@H]2[C@H](C(=O)N1/N=C\c1c3ccccc3cc3ccccc13)[C@@H]1C=C[C@@H]2CC1. The third-order valence-corrected chi connectivity index (χ3v) is 6.85. The summed E-state index contributed by atoms with van der Waals surface area (Å²) in [5.41, 5.74) is 0.940. The molecular weight excluding hydrogens is 360 g/mol. The number of amides is 2. The lowest BCUT2D eigenvalue weighted by atomic mass is 9.63. The van der Waals surface area contributed by atoms with E-state index in [2.05, 4.69) is 47.6 Å². The number of benzene rings is 3. The maximum absolute atomic E-state index is 13.0. The number of allylic oxidation sites excluding steroid dienone is 2. The van der Waals surface area contributed by atoms with E-state index in [0.29, 0.717) is 0 Å². The van der Waals surface area contributed by atoms with Crippen molar-refractivity contribution < 1.29 is 9.59 Å². The Balaban J connectivity index is 1.45. The molecule has 4 heteroatoms. The first-order chi connectivity index (χ1) is 14.2. The number of hydrogen-bond donors (Lipinski definition) is 0. The molecule has 0 N–H and O–H groups in total. The predicted octanol–water partition coefficient (Wildman–Crippen LogP) is 4.52. The summed E-state index contributed by atoms with van der Waals surface area (Å²) in [6.45, 7) is 0. The highest BCUT2D eigenvalue weighted by Crippen LogP contribution is 2.49. The van der Waals surface area contributed by atoms with Crippen LogP contribution in [0.4, 0.5) is 0 Å². The topological polar surface area (TPSA) is 49.7 Å². The summed E-state index contributed by atoms with van der Waals surface area (Å²) in [7, 11) is 0. The normalized spacial score (nSPS) is 28.2. The average molecular weight is 380 g/mol. The van der Waals surface area contributed by atoms with Gasteiger partial charge in [-0.3, -0.25) is 9.59 Å². The van der Waals surface area contributed by atoms with Crippen molar-refractivity contribution in [1.82, 2.24) is 5.01 Å². The molecule has 0 aromatic heterocycles. The van der Waals surface area contributed by atoms with Crippen LogP contribution in [0, 0.1) is 23.7 Å². The highest BCUT2D eigenvalue weighted by Gasteiger charge is 2.56. The molecule has 1 saturated carbocycles. The molecule has 2 amide bonds. The smallest absolute Gasteiger partial charge is 0.254 e. The molecule has 3 aromatic carbocycles. The number of imide groups is 1. The van der Waals surface area contributed by atoms with Gasteiger partial charge in [-0.1, -0.05) is 60.7 Å². The third-order valence-electron chi connectivity index (χ3n) is 6.85. The zero-order chi connectivity index (χ0) is 19.5. The molecular formula is C25H20N2O2. The number of hydrazone groups is 1. The standard InChI is InChI=1S/C25H20N2O2/c28-24-22-15-9-10-16(12-11-15)23(22)25(29)27(24)26-14-21-19-7-3-1-5-17(19)13-18-6-2-4-8-20(18)21/h1-10,13-16,22-23H,11-12H2/b26-14-/t15-,16-,22-,23+/m1/s1. The Morgan fingerprint density at radius 3 is 1.83 bits per heavy atom. The minimum absolute atomic E-state index is 0.139. The van der Waals surface area contributed by atoms with Crippen LogP contribution in [-0.4, -0.2) is 23.0 Å². The van der Waals surface area contributed by atoms with Crippen molar-refractivity contribution in [1.29, 1.82) is 0 Å². The monoisotopic (exact) mass is 380 g/mol. The molecule has 2 bridgehead atoms. The fourth-order valence-corrected chi connectivity index (χ4v) is 5.48. The van der Waals surface area contributed by atoms with E-state index in [1.807, 2.05) is 24.3 Å². The van der Waals surface area contributed by atoms with Crippen LogP contribution in [0.2, 0.25) is 0 Å². The number of carbonyl (C=O) groups is 2. The first-order valence-corrected chi connectivity index (χ1v) is 10.2. The van der Waals surface area contributed by atoms with Crippen molar-refractivity contribution in [3.63, 3.8) is 0 Å². The average Bonchev–Trinajstić information content (AvgIpc) is 3.04. The van der Waals surface area contributed by atoms with Gasteiger partial charge in [0.1, 0.15) is 0 Å². The van der Waals surface area contributed by atoms with Gasteiger partial charge >= 0.3 is 0 Å². The first-order valence-electron chi connectivity index (χ1n) is 10.2. The fraction of sp³-hybridized carbons (Fsp3) is 0.240. The maximum Gasteiger partial charge on any atom is 0.254 e. The summed E-state index contributed by atoms with van der Waals surface area (Å²) < 4.78 is 0. The molecule has 142 valence electrons. The van der Waals surface area contributed by atoms with Crippen molar-refractivity contribution in [3.05, 3.63) is 72.3 Å². The van der Waals surface area contributed by atoms with Crippen LogP contribution in [0.5, 0.6) is 0 Å². The molecule has 29 heavy (non-hydrogen) atoms. The molecule has 0 radical (unpaired) electrons. The lowest BCUT2D eigenvalue weighted by molar-refractivity contribution is -0.140. The van der Waals surface area contributed by atoms with Crippen molar-refractivity contribution >= 4 is 39.6 Å². The van der Waals surface area contributed by atoms with E-state index in [9.17, 15) is 9.59 Å². The zero-order valence-corrected chi connectivity index (χ0v) is 15.9. The summed E-state index contributed by atoms with van der Waals surface area (Å²) in [5.74, 6) is -0.375.